The van der Waals surface area contributed by atoms with E-state index in [1.54, 1.807) is 7.11 Å². The summed E-state index contributed by atoms with van der Waals surface area (Å²) in [5.41, 5.74) is 9.67. The largest absolute Gasteiger partial charge is 0.496 e. The molecule has 2 N–H and O–H groups in total. The summed E-state index contributed by atoms with van der Waals surface area (Å²) in [4.78, 5) is 0. The molecule has 2 nitrogen and oxygen atoms in total. The van der Waals surface area contributed by atoms with Gasteiger partial charge in [0.25, 0.3) is 0 Å². The fourth-order valence-corrected chi connectivity index (χ4v) is 2.58. The lowest BCUT2D eigenvalue weighted by atomic mass is 9.92. The maximum Gasteiger partial charge on any atom is 0.124 e. The van der Waals surface area contributed by atoms with Crippen LogP contribution in [0.2, 0.25) is 0 Å². The number of nitrogens with two attached hydrogens (primary N) is 1. The van der Waals surface area contributed by atoms with E-state index >= 15 is 0 Å². The Morgan fingerprint density at radius 3 is 2.41 bits per heavy atom. The highest BCUT2D eigenvalue weighted by atomic mass is 16.5. The zero-order chi connectivity index (χ0) is 13.0. The van der Waals surface area contributed by atoms with E-state index in [9.17, 15) is 0 Å². The first-order valence-electron chi connectivity index (χ1n) is 6.33. The normalized spacial score (nSPS) is 14.5. The third-order valence-corrected chi connectivity index (χ3v) is 3.04. The van der Waals surface area contributed by atoms with Gasteiger partial charge >= 0.3 is 0 Å². The summed E-state index contributed by atoms with van der Waals surface area (Å²) >= 11 is 0. The number of methoxy groups -OCH3 is 1. The van der Waals surface area contributed by atoms with Gasteiger partial charge in [-0.05, 0) is 50.7 Å². The second-order valence-corrected chi connectivity index (χ2v) is 5.30. The molecule has 0 bridgehead atoms. The minimum absolute atomic E-state index is 0.266. The monoisotopic (exact) mass is 235 g/mol. The molecular weight excluding hydrogens is 210 g/mol. The van der Waals surface area contributed by atoms with E-state index in [0.717, 1.165) is 18.6 Å². The van der Waals surface area contributed by atoms with Crippen molar-refractivity contribution in [1.29, 1.82) is 0 Å². The quantitative estimate of drug-likeness (QED) is 0.850. The number of benzene rings is 1. The Balaban J connectivity index is 2.89. The predicted molar refractivity (Wildman–Crippen MR) is 73.6 cm³/mol. The van der Waals surface area contributed by atoms with Gasteiger partial charge in [0.15, 0.2) is 0 Å². The van der Waals surface area contributed by atoms with E-state index < -0.39 is 0 Å². The fraction of sp³-hybridized carbons (Fsp3) is 0.600. The molecule has 2 heteroatoms. The average Bonchev–Trinajstić information content (AvgIpc) is 2.15. The molecule has 0 heterocycles. The number of hydrogen-bond acceptors (Lipinski definition) is 2. The molecule has 0 aliphatic rings. The Labute approximate surface area is 105 Å². The highest BCUT2D eigenvalue weighted by molar-refractivity contribution is 5.44. The average molecular weight is 235 g/mol. The molecule has 2 unspecified atom stereocenters. The smallest absolute Gasteiger partial charge is 0.124 e. The van der Waals surface area contributed by atoms with Gasteiger partial charge in [-0.3, -0.25) is 0 Å². The molecule has 0 saturated carbocycles. The summed E-state index contributed by atoms with van der Waals surface area (Å²) in [5.74, 6) is 1.62. The third kappa shape index (κ3) is 4.04. The van der Waals surface area contributed by atoms with E-state index in [0.29, 0.717) is 5.92 Å². The van der Waals surface area contributed by atoms with Crippen LogP contribution in [0.1, 0.15) is 37.0 Å². The molecule has 0 radical (unpaired) electrons. The summed E-state index contributed by atoms with van der Waals surface area (Å²) in [5, 5.41) is 0. The Kier molecular flexibility index (Phi) is 5.01. The minimum Gasteiger partial charge on any atom is -0.496 e. The minimum atomic E-state index is 0.266. The molecule has 0 aliphatic heterocycles. The van der Waals surface area contributed by atoms with Crippen LogP contribution in [0.4, 0.5) is 0 Å². The zero-order valence-corrected chi connectivity index (χ0v) is 11.7. The lowest BCUT2D eigenvalue weighted by Crippen LogP contribution is -2.19. The molecule has 0 aliphatic carbocycles. The van der Waals surface area contributed by atoms with Crippen LogP contribution in [-0.4, -0.2) is 13.2 Å². The zero-order valence-electron chi connectivity index (χ0n) is 11.7. The van der Waals surface area contributed by atoms with Crippen molar-refractivity contribution >= 4 is 0 Å². The molecule has 0 amide bonds. The van der Waals surface area contributed by atoms with E-state index in [4.69, 9.17) is 10.5 Å². The van der Waals surface area contributed by atoms with Crippen molar-refractivity contribution < 1.29 is 4.74 Å². The van der Waals surface area contributed by atoms with Gasteiger partial charge in [0.05, 0.1) is 7.11 Å². The van der Waals surface area contributed by atoms with Crippen molar-refractivity contribution in [3.8, 4) is 5.75 Å². The van der Waals surface area contributed by atoms with Crippen molar-refractivity contribution in [2.24, 2.45) is 11.7 Å². The molecule has 2 atom stereocenters. The number of rotatable bonds is 5. The standard InChI is InChI=1S/C15H25NO/c1-10-6-12(3)15(17-5)14(8-10)9-11(2)7-13(4)16/h6,8,11,13H,7,9,16H2,1-5H3. The second kappa shape index (κ2) is 6.06. The highest BCUT2D eigenvalue weighted by Gasteiger charge is 2.12. The first-order valence-corrected chi connectivity index (χ1v) is 6.33. The van der Waals surface area contributed by atoms with Crippen LogP contribution < -0.4 is 10.5 Å². The van der Waals surface area contributed by atoms with Gasteiger partial charge in [-0.15, -0.1) is 0 Å². The first kappa shape index (κ1) is 14.0. The van der Waals surface area contributed by atoms with Crippen molar-refractivity contribution in [3.05, 3.63) is 28.8 Å². The molecule has 1 aromatic rings. The van der Waals surface area contributed by atoms with Crippen LogP contribution in [0.25, 0.3) is 0 Å². The van der Waals surface area contributed by atoms with Crippen molar-refractivity contribution in [2.45, 2.75) is 46.6 Å². The Bertz CT molecular complexity index is 371. The van der Waals surface area contributed by atoms with E-state index in [1.807, 2.05) is 0 Å². The fourth-order valence-electron chi connectivity index (χ4n) is 2.58. The summed E-state index contributed by atoms with van der Waals surface area (Å²) < 4.78 is 5.51. The summed E-state index contributed by atoms with van der Waals surface area (Å²) in [6.45, 7) is 8.55. The number of aryl methyl sites for hydroxylation is 2. The lowest BCUT2D eigenvalue weighted by molar-refractivity contribution is 0.398. The first-order chi connectivity index (χ1) is 7.93. The molecule has 0 spiro atoms. The molecule has 0 aromatic heterocycles. The van der Waals surface area contributed by atoms with Gasteiger partial charge in [0.1, 0.15) is 5.75 Å². The molecule has 17 heavy (non-hydrogen) atoms. The van der Waals surface area contributed by atoms with E-state index in [2.05, 4.69) is 39.8 Å². The van der Waals surface area contributed by atoms with Gasteiger partial charge in [0, 0.05) is 6.04 Å². The van der Waals surface area contributed by atoms with E-state index in [1.165, 1.54) is 16.7 Å². The second-order valence-electron chi connectivity index (χ2n) is 5.30. The lowest BCUT2D eigenvalue weighted by Gasteiger charge is -2.18. The van der Waals surface area contributed by atoms with Gasteiger partial charge in [-0.2, -0.15) is 0 Å². The predicted octanol–water partition coefficient (Wildman–Crippen LogP) is 3.23. The highest BCUT2D eigenvalue weighted by Crippen LogP contribution is 2.28. The summed E-state index contributed by atoms with van der Waals surface area (Å²) in [7, 11) is 1.75. The molecule has 1 aromatic carbocycles. The number of hydrogen-bond donors (Lipinski definition) is 1. The molecule has 96 valence electrons. The Hall–Kier alpha value is -1.02. The van der Waals surface area contributed by atoms with Gasteiger partial charge in [0.2, 0.25) is 0 Å². The van der Waals surface area contributed by atoms with Crippen LogP contribution in [-0.2, 0) is 6.42 Å². The van der Waals surface area contributed by atoms with Crippen LogP contribution in [0.5, 0.6) is 5.75 Å². The van der Waals surface area contributed by atoms with Gasteiger partial charge in [-0.1, -0.05) is 24.6 Å². The van der Waals surface area contributed by atoms with Crippen molar-refractivity contribution in [1.82, 2.24) is 0 Å². The molecule has 0 saturated heterocycles. The van der Waals surface area contributed by atoms with Crippen LogP contribution in [0.3, 0.4) is 0 Å². The maximum absolute atomic E-state index is 5.85. The Morgan fingerprint density at radius 2 is 1.88 bits per heavy atom. The van der Waals surface area contributed by atoms with Crippen LogP contribution >= 0.6 is 0 Å². The van der Waals surface area contributed by atoms with Gasteiger partial charge in [-0.25, -0.2) is 0 Å². The maximum atomic E-state index is 5.85. The van der Waals surface area contributed by atoms with Crippen LogP contribution in [0.15, 0.2) is 12.1 Å². The summed E-state index contributed by atoms with van der Waals surface area (Å²) in [6, 6.07) is 4.66. The molecule has 1 rings (SSSR count). The Morgan fingerprint density at radius 1 is 1.24 bits per heavy atom. The van der Waals surface area contributed by atoms with E-state index in [-0.39, 0.29) is 6.04 Å². The topological polar surface area (TPSA) is 35.2 Å². The summed E-state index contributed by atoms with van der Waals surface area (Å²) in [6.07, 6.45) is 2.09. The molecular formula is C15H25NO. The van der Waals surface area contributed by atoms with Gasteiger partial charge < -0.3 is 10.5 Å². The van der Waals surface area contributed by atoms with Crippen molar-refractivity contribution in [2.75, 3.05) is 7.11 Å². The van der Waals surface area contributed by atoms with Crippen LogP contribution in [0, 0.1) is 19.8 Å². The van der Waals surface area contributed by atoms with Crippen molar-refractivity contribution in [3.63, 3.8) is 0 Å². The third-order valence-electron chi connectivity index (χ3n) is 3.04. The molecule has 0 fully saturated rings. The SMILES string of the molecule is COc1c(C)cc(C)cc1CC(C)CC(C)N. The number of ether oxygens (including phenoxy) is 1.